The zero-order valence-corrected chi connectivity index (χ0v) is 15.6. The molecule has 8 heteroatoms. The number of fused-ring (bicyclic) bond motifs is 1. The molecule has 0 aliphatic carbocycles. The van der Waals surface area contributed by atoms with Crippen molar-refractivity contribution >= 4 is 16.9 Å². The lowest BCUT2D eigenvalue weighted by atomic mass is 10.1. The molecule has 0 unspecified atom stereocenters. The van der Waals surface area contributed by atoms with E-state index in [-0.39, 0.29) is 18.5 Å². The molecule has 0 fully saturated rings. The Morgan fingerprint density at radius 1 is 1.11 bits per heavy atom. The maximum absolute atomic E-state index is 12.4. The Labute approximate surface area is 161 Å². The minimum absolute atomic E-state index is 0.0496. The predicted octanol–water partition coefficient (Wildman–Crippen LogP) is 2.47. The van der Waals surface area contributed by atoms with Gasteiger partial charge in [0.1, 0.15) is 17.6 Å². The number of hydrogen-bond donors (Lipinski definition) is 1. The summed E-state index contributed by atoms with van der Waals surface area (Å²) in [5.74, 6) is 0.458. The smallest absolute Gasteiger partial charge is 0.244 e. The summed E-state index contributed by atoms with van der Waals surface area (Å²) in [5, 5.41) is 11.6. The number of pyridine rings is 1. The first-order chi connectivity index (χ1) is 13.6. The maximum atomic E-state index is 12.4. The number of hydrogen-bond acceptors (Lipinski definition) is 6. The SMILES string of the molecule is Cc1nc(-c2ccncc2)ncc1[C@H](C)NC(=O)Cn1nc2ccccc2n1. The molecular formula is C20H19N7O. The second-order valence-electron chi connectivity index (χ2n) is 6.48. The van der Waals surface area contributed by atoms with Crippen molar-refractivity contribution in [3.63, 3.8) is 0 Å². The van der Waals surface area contributed by atoms with Crippen molar-refractivity contribution in [2.45, 2.75) is 26.4 Å². The zero-order chi connectivity index (χ0) is 19.5. The van der Waals surface area contributed by atoms with Crippen molar-refractivity contribution in [2.75, 3.05) is 0 Å². The van der Waals surface area contributed by atoms with E-state index >= 15 is 0 Å². The van der Waals surface area contributed by atoms with Gasteiger partial charge in [0.05, 0.1) is 6.04 Å². The fourth-order valence-corrected chi connectivity index (χ4v) is 3.01. The van der Waals surface area contributed by atoms with Crippen LogP contribution in [0.15, 0.2) is 55.0 Å². The van der Waals surface area contributed by atoms with Gasteiger partial charge >= 0.3 is 0 Å². The number of amides is 1. The largest absolute Gasteiger partial charge is 0.348 e. The Kier molecular flexibility index (Phi) is 4.76. The van der Waals surface area contributed by atoms with Gasteiger partial charge in [-0.3, -0.25) is 9.78 Å². The van der Waals surface area contributed by atoms with E-state index in [4.69, 9.17) is 0 Å². The molecule has 140 valence electrons. The number of carbonyl (C=O) groups excluding carboxylic acids is 1. The maximum Gasteiger partial charge on any atom is 0.244 e. The number of nitrogens with zero attached hydrogens (tertiary/aromatic N) is 6. The number of rotatable bonds is 5. The van der Waals surface area contributed by atoms with Crippen molar-refractivity contribution in [3.05, 3.63) is 66.2 Å². The highest BCUT2D eigenvalue weighted by atomic mass is 16.2. The summed E-state index contributed by atoms with van der Waals surface area (Å²) in [7, 11) is 0. The highest BCUT2D eigenvalue weighted by molar-refractivity contribution is 5.77. The van der Waals surface area contributed by atoms with Gasteiger partial charge in [0.15, 0.2) is 5.82 Å². The van der Waals surface area contributed by atoms with Crippen LogP contribution in [0.1, 0.15) is 24.2 Å². The third kappa shape index (κ3) is 3.71. The molecule has 28 heavy (non-hydrogen) atoms. The van der Waals surface area contributed by atoms with E-state index < -0.39 is 0 Å². The minimum atomic E-state index is -0.232. The molecule has 0 bridgehead atoms. The van der Waals surface area contributed by atoms with Crippen LogP contribution in [-0.2, 0) is 11.3 Å². The molecule has 1 amide bonds. The van der Waals surface area contributed by atoms with Gasteiger partial charge in [0.25, 0.3) is 0 Å². The van der Waals surface area contributed by atoms with Gasteiger partial charge in [-0.2, -0.15) is 15.0 Å². The fraction of sp³-hybridized carbons (Fsp3) is 0.200. The molecule has 4 aromatic rings. The molecule has 0 aliphatic heterocycles. The van der Waals surface area contributed by atoms with Gasteiger partial charge in [0.2, 0.25) is 5.91 Å². The molecule has 1 atom stereocenters. The van der Waals surface area contributed by atoms with Gasteiger partial charge in [-0.1, -0.05) is 12.1 Å². The summed E-state index contributed by atoms with van der Waals surface area (Å²) >= 11 is 0. The number of aryl methyl sites for hydroxylation is 1. The van der Waals surface area contributed by atoms with E-state index in [2.05, 4.69) is 30.5 Å². The second-order valence-corrected chi connectivity index (χ2v) is 6.48. The van der Waals surface area contributed by atoms with Crippen LogP contribution in [0.4, 0.5) is 0 Å². The molecule has 3 aromatic heterocycles. The average molecular weight is 373 g/mol. The number of aromatic nitrogens is 6. The lowest BCUT2D eigenvalue weighted by molar-refractivity contribution is -0.122. The quantitative estimate of drug-likeness (QED) is 0.577. The predicted molar refractivity (Wildman–Crippen MR) is 104 cm³/mol. The summed E-state index contributed by atoms with van der Waals surface area (Å²) < 4.78 is 0. The molecule has 0 saturated heterocycles. The van der Waals surface area contributed by atoms with E-state index in [1.54, 1.807) is 18.6 Å². The molecule has 1 N–H and O–H groups in total. The van der Waals surface area contributed by atoms with Gasteiger partial charge < -0.3 is 5.32 Å². The van der Waals surface area contributed by atoms with E-state index in [0.717, 1.165) is 27.9 Å². The fourth-order valence-electron chi connectivity index (χ4n) is 3.01. The third-order valence-electron chi connectivity index (χ3n) is 4.41. The topological polar surface area (TPSA) is 98.5 Å². The lowest BCUT2D eigenvalue weighted by Gasteiger charge is -2.16. The van der Waals surface area contributed by atoms with E-state index in [1.807, 2.05) is 50.2 Å². The van der Waals surface area contributed by atoms with E-state index in [1.165, 1.54) is 4.80 Å². The van der Waals surface area contributed by atoms with Gasteiger partial charge in [-0.15, -0.1) is 0 Å². The van der Waals surface area contributed by atoms with Gasteiger partial charge in [-0.25, -0.2) is 9.97 Å². The van der Waals surface area contributed by atoms with Crippen molar-refractivity contribution < 1.29 is 4.79 Å². The molecule has 0 spiro atoms. The Balaban J connectivity index is 1.45. The Morgan fingerprint density at radius 3 is 2.43 bits per heavy atom. The number of benzene rings is 1. The van der Waals surface area contributed by atoms with Gasteiger partial charge in [-0.05, 0) is 38.1 Å². The third-order valence-corrected chi connectivity index (χ3v) is 4.41. The van der Waals surface area contributed by atoms with Crippen LogP contribution in [0.3, 0.4) is 0 Å². The molecule has 4 rings (SSSR count). The van der Waals surface area contributed by atoms with Crippen LogP contribution in [-0.4, -0.2) is 35.9 Å². The van der Waals surface area contributed by atoms with E-state index in [9.17, 15) is 4.79 Å². The van der Waals surface area contributed by atoms with Crippen LogP contribution in [0.5, 0.6) is 0 Å². The highest BCUT2D eigenvalue weighted by Gasteiger charge is 2.15. The number of carbonyl (C=O) groups is 1. The first kappa shape index (κ1) is 17.7. The van der Waals surface area contributed by atoms with Crippen molar-refractivity contribution in [1.29, 1.82) is 0 Å². The standard InChI is InChI=1S/C20H19N7O/c1-13(16-11-22-20(24-14(16)2)15-7-9-21-10-8-15)23-19(28)12-27-25-17-5-3-4-6-18(17)26-27/h3-11,13H,12H2,1-2H3,(H,23,28)/t13-/m0/s1. The van der Waals surface area contributed by atoms with Crippen LogP contribution in [0, 0.1) is 6.92 Å². The van der Waals surface area contributed by atoms with Crippen LogP contribution < -0.4 is 5.32 Å². The van der Waals surface area contributed by atoms with Crippen LogP contribution >= 0.6 is 0 Å². The molecule has 8 nitrogen and oxygen atoms in total. The molecule has 0 saturated carbocycles. The molecule has 3 heterocycles. The molecular weight excluding hydrogens is 354 g/mol. The molecule has 0 aliphatic rings. The highest BCUT2D eigenvalue weighted by Crippen LogP contribution is 2.19. The van der Waals surface area contributed by atoms with Crippen molar-refractivity contribution in [1.82, 2.24) is 35.3 Å². The Bertz CT molecular complexity index is 1090. The Hall–Kier alpha value is -3.68. The van der Waals surface area contributed by atoms with Crippen molar-refractivity contribution in [2.24, 2.45) is 0 Å². The van der Waals surface area contributed by atoms with Crippen molar-refractivity contribution in [3.8, 4) is 11.4 Å². The minimum Gasteiger partial charge on any atom is -0.348 e. The normalized spacial score (nSPS) is 12.1. The summed E-state index contributed by atoms with van der Waals surface area (Å²) in [6, 6.07) is 11.0. The lowest BCUT2D eigenvalue weighted by Crippen LogP contribution is -2.31. The summed E-state index contributed by atoms with van der Waals surface area (Å²) in [6.45, 7) is 3.86. The zero-order valence-electron chi connectivity index (χ0n) is 15.6. The Morgan fingerprint density at radius 2 is 1.79 bits per heavy atom. The summed E-state index contributed by atoms with van der Waals surface area (Å²) in [6.07, 6.45) is 5.17. The van der Waals surface area contributed by atoms with Crippen LogP contribution in [0.25, 0.3) is 22.4 Å². The van der Waals surface area contributed by atoms with E-state index in [0.29, 0.717) is 5.82 Å². The first-order valence-electron chi connectivity index (χ1n) is 8.93. The second kappa shape index (κ2) is 7.51. The molecule has 0 radical (unpaired) electrons. The molecule has 1 aromatic carbocycles. The number of nitrogens with one attached hydrogen (secondary N) is 1. The first-order valence-corrected chi connectivity index (χ1v) is 8.93. The van der Waals surface area contributed by atoms with Crippen LogP contribution in [0.2, 0.25) is 0 Å². The summed E-state index contributed by atoms with van der Waals surface area (Å²) in [4.78, 5) is 26.8. The van der Waals surface area contributed by atoms with Gasteiger partial charge in [0, 0.05) is 35.4 Å². The summed E-state index contributed by atoms with van der Waals surface area (Å²) in [5.41, 5.74) is 4.11. The monoisotopic (exact) mass is 373 g/mol. The average Bonchev–Trinajstić information content (AvgIpc) is 3.10.